The fourth-order valence-electron chi connectivity index (χ4n) is 8.85. The molecule has 4 rings (SSSR count). The first-order valence-corrected chi connectivity index (χ1v) is 14.4. The number of ketones is 1. The van der Waals surface area contributed by atoms with E-state index in [0.717, 1.165) is 43.2 Å². The summed E-state index contributed by atoms with van der Waals surface area (Å²) in [6.07, 6.45) is 9.22. The molecule has 1 N–H and O–H groups in total. The monoisotopic (exact) mass is 505 g/mol. The zero-order valence-corrected chi connectivity index (χ0v) is 23.2. The van der Waals surface area contributed by atoms with Crippen LogP contribution in [0.1, 0.15) is 92.4 Å². The normalized spacial score (nSPS) is 38.4. The van der Waals surface area contributed by atoms with E-state index in [0.29, 0.717) is 48.1 Å². The Morgan fingerprint density at radius 2 is 1.86 bits per heavy atom. The molecule has 0 saturated heterocycles. The van der Waals surface area contributed by atoms with Crippen LogP contribution in [0, 0.1) is 40.4 Å². The molecule has 0 aromatic rings. The summed E-state index contributed by atoms with van der Waals surface area (Å²) in [5, 5.41) is 7.58. The third kappa shape index (κ3) is 5.23. The average Bonchev–Trinajstić information content (AvgIpc) is 3.19. The molecule has 0 aromatic carbocycles. The average molecular weight is 506 g/mol. The third-order valence-corrected chi connectivity index (χ3v) is 10.8. The van der Waals surface area contributed by atoms with Crippen LogP contribution in [0.4, 0.5) is 9.18 Å². The van der Waals surface area contributed by atoms with E-state index in [1.54, 1.807) is 0 Å². The van der Waals surface area contributed by atoms with Crippen molar-refractivity contribution in [1.29, 1.82) is 0 Å². The number of hydrogen-bond donors (Lipinski definition) is 1. The molecule has 4 aliphatic carbocycles. The molecular weight excluding hydrogens is 457 g/mol. The summed E-state index contributed by atoms with van der Waals surface area (Å²) in [5.74, 6) is 3.49. The number of amides is 1. The molecule has 4 aliphatic rings. The summed E-state index contributed by atoms with van der Waals surface area (Å²) < 4.78 is 13.0. The van der Waals surface area contributed by atoms with Gasteiger partial charge in [-0.2, -0.15) is 0 Å². The van der Waals surface area contributed by atoms with Crippen molar-refractivity contribution in [2.24, 2.45) is 45.6 Å². The van der Waals surface area contributed by atoms with Crippen LogP contribution in [0.3, 0.4) is 0 Å². The predicted octanol–water partition coefficient (Wildman–Crippen LogP) is 6.00. The standard InChI is InChI=1S/C29H48FN3O3/c1-19(2)31-15-17-33(16-14-30)27(35)36-32-20(3)24-8-9-25-23-7-6-21-18-22(34)10-12-28(21,4)26(23)11-13-29(24,25)5/h19,21,23-26,31H,6-18H2,1-5H3/b32-20+/t21-,23-,24+,25-,26-,28-,29+/m0/s1. The van der Waals surface area contributed by atoms with Gasteiger partial charge in [-0.05, 0) is 86.4 Å². The number of halogens is 1. The Hall–Kier alpha value is -1.50. The lowest BCUT2D eigenvalue weighted by molar-refractivity contribution is -0.138. The molecule has 7 heteroatoms. The lowest BCUT2D eigenvalue weighted by atomic mass is 9.44. The summed E-state index contributed by atoms with van der Waals surface area (Å²) in [4.78, 5) is 31.6. The van der Waals surface area contributed by atoms with Gasteiger partial charge in [0.15, 0.2) is 0 Å². The number of alkyl halides is 1. The Labute approximate surface area is 217 Å². The SMILES string of the molecule is C/C(=N\OC(=O)N(CCF)CCNC(C)C)[C@H]1CC[C@H]2[C@@H]3CC[C@H]4CC(=O)CC[C@]4(C)[C@H]3CC[C@]12C. The molecule has 0 unspecified atom stereocenters. The molecule has 4 saturated carbocycles. The fourth-order valence-corrected chi connectivity index (χ4v) is 8.85. The van der Waals surface area contributed by atoms with E-state index < -0.39 is 12.8 Å². The predicted molar refractivity (Wildman–Crippen MR) is 141 cm³/mol. The molecule has 4 fully saturated rings. The maximum Gasteiger partial charge on any atom is 0.436 e. The summed E-state index contributed by atoms with van der Waals surface area (Å²) in [6.45, 7) is 11.4. The van der Waals surface area contributed by atoms with E-state index in [4.69, 9.17) is 4.84 Å². The van der Waals surface area contributed by atoms with Gasteiger partial charge in [-0.25, -0.2) is 9.18 Å². The lowest BCUT2D eigenvalue weighted by Gasteiger charge is -2.60. The van der Waals surface area contributed by atoms with Crippen LogP contribution in [-0.4, -0.2) is 54.8 Å². The van der Waals surface area contributed by atoms with Crippen LogP contribution < -0.4 is 5.32 Å². The summed E-state index contributed by atoms with van der Waals surface area (Å²) >= 11 is 0. The van der Waals surface area contributed by atoms with Gasteiger partial charge in [0.2, 0.25) is 0 Å². The van der Waals surface area contributed by atoms with Crippen LogP contribution in [0.2, 0.25) is 0 Å². The number of rotatable bonds is 8. The van der Waals surface area contributed by atoms with Crippen molar-refractivity contribution >= 4 is 17.6 Å². The van der Waals surface area contributed by atoms with Crippen LogP contribution in [-0.2, 0) is 9.63 Å². The molecule has 0 heterocycles. The molecule has 0 spiro atoms. The quantitative estimate of drug-likeness (QED) is 0.250. The maximum atomic E-state index is 13.0. The van der Waals surface area contributed by atoms with Gasteiger partial charge in [-0.3, -0.25) is 9.63 Å². The number of fused-ring (bicyclic) bond motifs is 5. The van der Waals surface area contributed by atoms with Gasteiger partial charge < -0.3 is 10.2 Å². The third-order valence-electron chi connectivity index (χ3n) is 10.8. The first kappa shape index (κ1) is 27.5. The Morgan fingerprint density at radius 1 is 1.11 bits per heavy atom. The summed E-state index contributed by atoms with van der Waals surface area (Å²) in [5.41, 5.74) is 1.39. The highest BCUT2D eigenvalue weighted by molar-refractivity contribution is 5.85. The zero-order valence-electron chi connectivity index (χ0n) is 23.2. The van der Waals surface area contributed by atoms with Crippen molar-refractivity contribution in [2.75, 3.05) is 26.3 Å². The zero-order chi connectivity index (χ0) is 26.1. The Balaban J connectivity index is 1.41. The van der Waals surface area contributed by atoms with Crippen molar-refractivity contribution < 1.29 is 18.8 Å². The number of oxime groups is 1. The van der Waals surface area contributed by atoms with Crippen molar-refractivity contribution in [3.63, 3.8) is 0 Å². The number of nitrogens with zero attached hydrogens (tertiary/aromatic N) is 2. The number of carbonyl (C=O) groups is 2. The topological polar surface area (TPSA) is 71.0 Å². The molecule has 0 aromatic heterocycles. The van der Waals surface area contributed by atoms with Gasteiger partial charge >= 0.3 is 6.09 Å². The van der Waals surface area contributed by atoms with Gasteiger partial charge in [0.05, 0.1) is 12.3 Å². The molecule has 0 bridgehead atoms. The number of hydrogen-bond acceptors (Lipinski definition) is 5. The minimum absolute atomic E-state index is 0.0187. The van der Waals surface area contributed by atoms with Gasteiger partial charge in [-0.15, -0.1) is 0 Å². The van der Waals surface area contributed by atoms with Gasteiger partial charge in [-0.1, -0.05) is 32.9 Å². The lowest BCUT2D eigenvalue weighted by Crippen LogP contribution is -2.53. The van der Waals surface area contributed by atoms with E-state index >= 15 is 0 Å². The highest BCUT2D eigenvalue weighted by atomic mass is 19.1. The van der Waals surface area contributed by atoms with Crippen molar-refractivity contribution in [3.8, 4) is 0 Å². The Bertz CT molecular complexity index is 848. The first-order chi connectivity index (χ1) is 17.1. The second-order valence-corrected chi connectivity index (χ2v) is 12.9. The van der Waals surface area contributed by atoms with E-state index in [1.165, 1.54) is 37.0 Å². The molecule has 7 atom stereocenters. The first-order valence-electron chi connectivity index (χ1n) is 14.4. The highest BCUT2D eigenvalue weighted by Gasteiger charge is 2.60. The van der Waals surface area contributed by atoms with Crippen LogP contribution in [0.25, 0.3) is 0 Å². The van der Waals surface area contributed by atoms with Crippen molar-refractivity contribution in [3.05, 3.63) is 0 Å². The molecule has 6 nitrogen and oxygen atoms in total. The summed E-state index contributed by atoms with van der Waals surface area (Å²) in [7, 11) is 0. The van der Waals surface area contributed by atoms with Crippen LogP contribution in [0.15, 0.2) is 5.16 Å². The van der Waals surface area contributed by atoms with Crippen LogP contribution >= 0.6 is 0 Å². The van der Waals surface area contributed by atoms with Gasteiger partial charge in [0, 0.05) is 37.9 Å². The van der Waals surface area contributed by atoms with Crippen molar-refractivity contribution in [1.82, 2.24) is 10.2 Å². The number of Topliss-reactive ketones (excluding diaryl/α,β-unsaturated/α-hetero) is 1. The molecule has 0 radical (unpaired) electrons. The van der Waals surface area contributed by atoms with E-state index in [9.17, 15) is 14.0 Å². The van der Waals surface area contributed by atoms with Crippen LogP contribution in [0.5, 0.6) is 0 Å². The van der Waals surface area contributed by atoms with Gasteiger partial charge in [0.25, 0.3) is 0 Å². The number of carbonyl (C=O) groups excluding carboxylic acids is 2. The minimum Gasteiger partial charge on any atom is -0.313 e. The molecule has 204 valence electrons. The molecule has 36 heavy (non-hydrogen) atoms. The fraction of sp³-hybridized carbons (Fsp3) is 0.897. The molecular formula is C29H48FN3O3. The Morgan fingerprint density at radius 3 is 2.58 bits per heavy atom. The van der Waals surface area contributed by atoms with E-state index in [-0.39, 0.29) is 12.0 Å². The largest absolute Gasteiger partial charge is 0.436 e. The number of nitrogens with one attached hydrogen (secondary N) is 1. The minimum atomic E-state index is -0.599. The Kier molecular flexibility index (Phi) is 8.48. The van der Waals surface area contributed by atoms with E-state index in [2.05, 4.69) is 24.3 Å². The second kappa shape index (κ2) is 11.1. The summed E-state index contributed by atoms with van der Waals surface area (Å²) in [6, 6.07) is 0.304. The molecule has 0 aliphatic heterocycles. The molecule has 1 amide bonds. The second-order valence-electron chi connectivity index (χ2n) is 12.9. The van der Waals surface area contributed by atoms with Crippen molar-refractivity contribution in [2.45, 2.75) is 98.4 Å². The van der Waals surface area contributed by atoms with E-state index in [1.807, 2.05) is 20.8 Å². The smallest absolute Gasteiger partial charge is 0.313 e. The van der Waals surface area contributed by atoms with Gasteiger partial charge in [0.1, 0.15) is 12.5 Å². The highest BCUT2D eigenvalue weighted by Crippen LogP contribution is 2.67. The maximum absolute atomic E-state index is 13.0.